The average Bonchev–Trinajstić information content (AvgIpc) is 2.61. The number of nitrogen functional groups attached to an aromatic ring is 1. The fraction of sp³-hybridized carbons (Fsp3) is 0.667. The van der Waals surface area contributed by atoms with Crippen molar-refractivity contribution in [3.63, 3.8) is 0 Å². The van der Waals surface area contributed by atoms with E-state index in [9.17, 15) is 4.79 Å². The number of anilines is 2. The average molecular weight is 344 g/mol. The summed E-state index contributed by atoms with van der Waals surface area (Å²) in [5.41, 5.74) is 9.50. The summed E-state index contributed by atoms with van der Waals surface area (Å²) < 4.78 is 0. The molecule has 2 heterocycles. The summed E-state index contributed by atoms with van der Waals surface area (Å²) in [4.78, 5) is 17.0. The Kier molecular flexibility index (Phi) is 5.87. The third-order valence-electron chi connectivity index (χ3n) is 5.97. The van der Waals surface area contributed by atoms with Gasteiger partial charge in [0.2, 0.25) is 5.91 Å². The van der Waals surface area contributed by atoms with Crippen molar-refractivity contribution in [2.45, 2.75) is 64.8 Å². The van der Waals surface area contributed by atoms with E-state index in [4.69, 9.17) is 5.73 Å². The van der Waals surface area contributed by atoms with Gasteiger partial charge in [0.1, 0.15) is 0 Å². The molecule has 1 aromatic carbocycles. The van der Waals surface area contributed by atoms with E-state index in [0.29, 0.717) is 18.4 Å². The van der Waals surface area contributed by atoms with Gasteiger partial charge in [0.25, 0.3) is 0 Å². The maximum Gasteiger partial charge on any atom is 0.223 e. The number of benzene rings is 1. The van der Waals surface area contributed by atoms with Crippen molar-refractivity contribution in [1.29, 1.82) is 0 Å². The molecular formula is C21H33N3O. The highest BCUT2D eigenvalue weighted by molar-refractivity contribution is 5.77. The molecule has 0 aliphatic carbocycles. The van der Waals surface area contributed by atoms with Crippen molar-refractivity contribution in [3.05, 3.63) is 23.8 Å². The van der Waals surface area contributed by atoms with Gasteiger partial charge in [0.05, 0.1) is 11.4 Å². The standard InChI is InChI=1S/C21H33N3O/c1-16-10-13-23(14-11-16)20-8-6-18(15-19(20)22)7-9-21(25)24-12-4-3-5-17(24)2/h6,8,15-17H,3-5,7,9-14,22H2,1-2H3. The van der Waals surface area contributed by atoms with Gasteiger partial charge < -0.3 is 15.5 Å². The van der Waals surface area contributed by atoms with Crippen LogP contribution >= 0.6 is 0 Å². The Labute approximate surface area is 152 Å². The third-order valence-corrected chi connectivity index (χ3v) is 5.97. The zero-order valence-electron chi connectivity index (χ0n) is 15.8. The molecule has 0 bridgehead atoms. The lowest BCUT2D eigenvalue weighted by Gasteiger charge is -2.33. The van der Waals surface area contributed by atoms with E-state index in [1.165, 1.54) is 24.8 Å². The van der Waals surface area contributed by atoms with Crippen molar-refractivity contribution >= 4 is 17.3 Å². The summed E-state index contributed by atoms with van der Waals surface area (Å²) >= 11 is 0. The summed E-state index contributed by atoms with van der Waals surface area (Å²) in [7, 11) is 0. The second kappa shape index (κ2) is 8.11. The predicted molar refractivity (Wildman–Crippen MR) is 105 cm³/mol. The number of hydrogen-bond donors (Lipinski definition) is 1. The molecule has 25 heavy (non-hydrogen) atoms. The van der Waals surface area contributed by atoms with E-state index in [1.54, 1.807) is 0 Å². The van der Waals surface area contributed by atoms with Gasteiger partial charge >= 0.3 is 0 Å². The van der Waals surface area contributed by atoms with Crippen molar-refractivity contribution < 1.29 is 4.79 Å². The molecule has 3 rings (SSSR count). The summed E-state index contributed by atoms with van der Waals surface area (Å²) in [6.07, 6.45) is 7.38. The lowest BCUT2D eigenvalue weighted by molar-refractivity contribution is -0.134. The second-order valence-electron chi connectivity index (χ2n) is 7.99. The van der Waals surface area contributed by atoms with Gasteiger partial charge in [0.15, 0.2) is 0 Å². The van der Waals surface area contributed by atoms with Gasteiger partial charge in [-0.15, -0.1) is 0 Å². The summed E-state index contributed by atoms with van der Waals surface area (Å²) in [5.74, 6) is 1.11. The third kappa shape index (κ3) is 4.47. The molecule has 1 unspecified atom stereocenters. The Hall–Kier alpha value is -1.71. The Bertz CT molecular complexity index is 593. The first kappa shape index (κ1) is 18.1. The van der Waals surface area contributed by atoms with Crippen molar-refractivity contribution in [3.8, 4) is 0 Å². The number of carbonyl (C=O) groups excluding carboxylic acids is 1. The molecule has 1 atom stereocenters. The highest BCUT2D eigenvalue weighted by Crippen LogP contribution is 2.29. The molecular weight excluding hydrogens is 310 g/mol. The molecule has 1 amide bonds. The molecule has 0 saturated carbocycles. The maximum absolute atomic E-state index is 12.5. The minimum absolute atomic E-state index is 0.292. The molecule has 0 radical (unpaired) electrons. The number of nitrogens with two attached hydrogens (primary N) is 1. The minimum atomic E-state index is 0.292. The molecule has 2 fully saturated rings. The maximum atomic E-state index is 12.5. The molecule has 4 heteroatoms. The summed E-state index contributed by atoms with van der Waals surface area (Å²) in [6, 6.07) is 6.76. The highest BCUT2D eigenvalue weighted by atomic mass is 16.2. The van der Waals surface area contributed by atoms with E-state index in [2.05, 4.69) is 41.8 Å². The highest BCUT2D eigenvalue weighted by Gasteiger charge is 2.23. The van der Waals surface area contributed by atoms with Gasteiger partial charge in [-0.3, -0.25) is 4.79 Å². The molecule has 1 aromatic rings. The van der Waals surface area contributed by atoms with Gasteiger partial charge in [-0.2, -0.15) is 0 Å². The van der Waals surface area contributed by atoms with Crippen LogP contribution in [0.5, 0.6) is 0 Å². The van der Waals surface area contributed by atoms with Crippen molar-refractivity contribution in [2.75, 3.05) is 30.3 Å². The van der Waals surface area contributed by atoms with Crippen LogP contribution < -0.4 is 10.6 Å². The Morgan fingerprint density at radius 1 is 1.12 bits per heavy atom. The molecule has 138 valence electrons. The normalized spacial score (nSPS) is 22.2. The fourth-order valence-electron chi connectivity index (χ4n) is 4.16. The quantitative estimate of drug-likeness (QED) is 0.845. The SMILES string of the molecule is CC1CCN(c2ccc(CCC(=O)N3CCCCC3C)cc2N)CC1. The number of carbonyl (C=O) groups is 1. The van der Waals surface area contributed by atoms with Gasteiger partial charge in [-0.25, -0.2) is 0 Å². The van der Waals surface area contributed by atoms with Gasteiger partial charge in [-0.1, -0.05) is 13.0 Å². The Balaban J connectivity index is 1.56. The van der Waals surface area contributed by atoms with Crippen LogP contribution in [0.1, 0.15) is 57.9 Å². The zero-order valence-corrected chi connectivity index (χ0v) is 15.8. The largest absolute Gasteiger partial charge is 0.397 e. The first-order valence-corrected chi connectivity index (χ1v) is 9.97. The minimum Gasteiger partial charge on any atom is -0.397 e. The molecule has 4 nitrogen and oxygen atoms in total. The van der Waals surface area contributed by atoms with Crippen molar-refractivity contribution in [2.24, 2.45) is 5.92 Å². The molecule has 2 aliphatic rings. The first-order valence-electron chi connectivity index (χ1n) is 9.97. The number of aryl methyl sites for hydroxylation is 1. The number of hydrogen-bond acceptors (Lipinski definition) is 3. The Morgan fingerprint density at radius 3 is 2.56 bits per heavy atom. The number of amides is 1. The summed E-state index contributed by atoms with van der Waals surface area (Å²) in [6.45, 7) is 7.61. The first-order chi connectivity index (χ1) is 12.0. The van der Waals surface area contributed by atoms with Crippen LogP contribution in [-0.2, 0) is 11.2 Å². The number of rotatable bonds is 4. The van der Waals surface area contributed by atoms with Crippen molar-refractivity contribution in [1.82, 2.24) is 4.90 Å². The van der Waals surface area contributed by atoms with E-state index < -0.39 is 0 Å². The van der Waals surface area contributed by atoms with Crippen LogP contribution in [0.3, 0.4) is 0 Å². The topological polar surface area (TPSA) is 49.6 Å². The van der Waals surface area contributed by atoms with E-state index in [0.717, 1.165) is 56.2 Å². The zero-order chi connectivity index (χ0) is 17.8. The predicted octanol–water partition coefficient (Wildman–Crippen LogP) is 3.84. The van der Waals surface area contributed by atoms with E-state index >= 15 is 0 Å². The van der Waals surface area contributed by atoms with E-state index in [1.807, 2.05) is 0 Å². The number of nitrogens with zero attached hydrogens (tertiary/aromatic N) is 2. The Morgan fingerprint density at radius 2 is 1.88 bits per heavy atom. The van der Waals surface area contributed by atoms with E-state index in [-0.39, 0.29) is 0 Å². The molecule has 0 aromatic heterocycles. The monoisotopic (exact) mass is 343 g/mol. The molecule has 2 N–H and O–H groups in total. The molecule has 0 spiro atoms. The number of piperidine rings is 2. The van der Waals surface area contributed by atoms with Crippen LogP contribution in [0.25, 0.3) is 0 Å². The van der Waals surface area contributed by atoms with Gasteiger partial charge in [0, 0.05) is 32.1 Å². The van der Waals surface area contributed by atoms with Gasteiger partial charge in [-0.05, 0) is 69.1 Å². The lowest BCUT2D eigenvalue weighted by atomic mass is 9.98. The smallest absolute Gasteiger partial charge is 0.223 e. The van der Waals surface area contributed by atoms with Crippen LogP contribution in [0.2, 0.25) is 0 Å². The lowest BCUT2D eigenvalue weighted by Crippen LogP contribution is -2.42. The van der Waals surface area contributed by atoms with Crippen LogP contribution in [0.15, 0.2) is 18.2 Å². The number of likely N-dealkylation sites (tertiary alicyclic amines) is 1. The fourth-order valence-corrected chi connectivity index (χ4v) is 4.16. The summed E-state index contributed by atoms with van der Waals surface area (Å²) in [5, 5.41) is 0. The second-order valence-corrected chi connectivity index (χ2v) is 7.99. The molecule has 2 aliphatic heterocycles. The van der Waals surface area contributed by atoms with Crippen LogP contribution in [-0.4, -0.2) is 36.5 Å². The van der Waals surface area contributed by atoms with Crippen LogP contribution in [0.4, 0.5) is 11.4 Å². The molecule has 2 saturated heterocycles. The van der Waals surface area contributed by atoms with Crippen LogP contribution in [0, 0.1) is 5.92 Å².